The minimum Gasteiger partial charge on any atom is -0.349 e. The number of pyridine rings is 1. The number of hydrogen-bond acceptors (Lipinski definition) is 2. The molecule has 0 spiro atoms. The maximum absolute atomic E-state index is 12.0. The highest BCUT2D eigenvalue weighted by molar-refractivity contribution is 5.98. The van der Waals surface area contributed by atoms with Crippen molar-refractivity contribution in [3.05, 3.63) is 41.1 Å². The fraction of sp³-hybridized carbons (Fsp3) is 0.333. The zero-order chi connectivity index (χ0) is 12.7. The van der Waals surface area contributed by atoms with Gasteiger partial charge in [0, 0.05) is 22.7 Å². The molecule has 1 aromatic carbocycles. The Morgan fingerprint density at radius 2 is 2.06 bits per heavy atom. The molecule has 1 saturated carbocycles. The van der Waals surface area contributed by atoms with Crippen molar-refractivity contribution in [2.45, 2.75) is 32.7 Å². The summed E-state index contributed by atoms with van der Waals surface area (Å²) in [7, 11) is 0. The van der Waals surface area contributed by atoms with Gasteiger partial charge >= 0.3 is 0 Å². The Morgan fingerprint density at radius 1 is 1.28 bits per heavy atom. The molecular formula is C15H16N2O. The Balaban J connectivity index is 2.01. The third-order valence-electron chi connectivity index (χ3n) is 3.32. The Hall–Kier alpha value is -1.90. The van der Waals surface area contributed by atoms with E-state index in [-0.39, 0.29) is 5.91 Å². The molecule has 92 valence electrons. The molecular weight excluding hydrogens is 224 g/mol. The van der Waals surface area contributed by atoms with Crippen LogP contribution in [0.25, 0.3) is 10.9 Å². The molecule has 0 unspecified atom stereocenters. The van der Waals surface area contributed by atoms with Gasteiger partial charge < -0.3 is 5.32 Å². The van der Waals surface area contributed by atoms with E-state index < -0.39 is 0 Å². The molecule has 1 aliphatic rings. The van der Waals surface area contributed by atoms with Gasteiger partial charge in [-0.1, -0.05) is 0 Å². The third kappa shape index (κ3) is 2.08. The molecule has 3 heteroatoms. The number of nitrogens with one attached hydrogen (secondary N) is 1. The lowest BCUT2D eigenvalue weighted by atomic mass is 10.1. The van der Waals surface area contributed by atoms with Crippen molar-refractivity contribution < 1.29 is 4.79 Å². The summed E-state index contributed by atoms with van der Waals surface area (Å²) in [5.41, 5.74) is 3.85. The van der Waals surface area contributed by atoms with E-state index in [1.54, 1.807) is 0 Å². The fourth-order valence-corrected chi connectivity index (χ4v) is 2.20. The van der Waals surface area contributed by atoms with Crippen molar-refractivity contribution in [2.24, 2.45) is 0 Å². The predicted molar refractivity (Wildman–Crippen MR) is 71.7 cm³/mol. The summed E-state index contributed by atoms with van der Waals surface area (Å²) < 4.78 is 0. The number of aryl methyl sites for hydroxylation is 2. The van der Waals surface area contributed by atoms with E-state index in [0.717, 1.165) is 35.0 Å². The molecule has 0 atom stereocenters. The van der Waals surface area contributed by atoms with Gasteiger partial charge in [-0.2, -0.15) is 0 Å². The highest BCUT2D eigenvalue weighted by atomic mass is 16.1. The number of benzene rings is 1. The summed E-state index contributed by atoms with van der Waals surface area (Å²) in [5.74, 6) is 0.0272. The number of rotatable bonds is 2. The third-order valence-corrected chi connectivity index (χ3v) is 3.32. The van der Waals surface area contributed by atoms with Crippen molar-refractivity contribution in [3.63, 3.8) is 0 Å². The van der Waals surface area contributed by atoms with Crippen molar-refractivity contribution in [2.75, 3.05) is 0 Å². The van der Waals surface area contributed by atoms with Gasteiger partial charge in [0.15, 0.2) is 0 Å². The van der Waals surface area contributed by atoms with Gasteiger partial charge in [-0.15, -0.1) is 0 Å². The Kier molecular flexibility index (Phi) is 2.54. The van der Waals surface area contributed by atoms with Crippen LogP contribution in [-0.4, -0.2) is 16.9 Å². The standard InChI is InChI=1S/C15H16N2O/c1-9-7-10(2)16-14-6-3-11(8-13(9)14)15(18)17-12-4-5-12/h3,6-8,12H,4-5H2,1-2H3,(H,17,18). The molecule has 0 aliphatic heterocycles. The molecule has 2 aromatic rings. The Labute approximate surface area is 106 Å². The van der Waals surface area contributed by atoms with Gasteiger partial charge in [0.25, 0.3) is 5.91 Å². The molecule has 1 aliphatic carbocycles. The summed E-state index contributed by atoms with van der Waals surface area (Å²) in [6, 6.07) is 8.16. The van der Waals surface area contributed by atoms with Gasteiger partial charge in [0.1, 0.15) is 0 Å². The number of aromatic nitrogens is 1. The van der Waals surface area contributed by atoms with E-state index in [0.29, 0.717) is 6.04 Å². The Morgan fingerprint density at radius 3 is 2.78 bits per heavy atom. The molecule has 0 radical (unpaired) electrons. The van der Waals surface area contributed by atoms with Crippen LogP contribution in [0.3, 0.4) is 0 Å². The molecule has 0 bridgehead atoms. The molecule has 1 aromatic heterocycles. The maximum Gasteiger partial charge on any atom is 0.251 e. The van der Waals surface area contributed by atoms with Gasteiger partial charge in [-0.25, -0.2) is 0 Å². The molecule has 1 amide bonds. The van der Waals surface area contributed by atoms with Crippen LogP contribution < -0.4 is 5.32 Å². The molecule has 18 heavy (non-hydrogen) atoms. The van der Waals surface area contributed by atoms with Gasteiger partial charge in [-0.3, -0.25) is 9.78 Å². The van der Waals surface area contributed by atoms with Gasteiger partial charge in [-0.05, 0) is 56.5 Å². The van der Waals surface area contributed by atoms with Crippen LogP contribution in [-0.2, 0) is 0 Å². The lowest BCUT2D eigenvalue weighted by Gasteiger charge is -2.07. The van der Waals surface area contributed by atoms with Gasteiger partial charge in [0.05, 0.1) is 5.52 Å². The van der Waals surface area contributed by atoms with Crippen LogP contribution >= 0.6 is 0 Å². The molecule has 1 N–H and O–H groups in total. The first kappa shape index (κ1) is 11.2. The second-order valence-corrected chi connectivity index (χ2v) is 5.06. The van der Waals surface area contributed by atoms with Crippen LogP contribution in [0.1, 0.15) is 34.5 Å². The van der Waals surface area contributed by atoms with Crippen LogP contribution in [0, 0.1) is 13.8 Å². The largest absolute Gasteiger partial charge is 0.349 e. The average Bonchev–Trinajstić information content (AvgIpc) is 3.12. The minimum atomic E-state index is 0.0272. The first-order valence-corrected chi connectivity index (χ1v) is 6.32. The molecule has 1 heterocycles. The molecule has 0 saturated heterocycles. The Bertz CT molecular complexity index is 630. The van der Waals surface area contributed by atoms with E-state index in [9.17, 15) is 4.79 Å². The summed E-state index contributed by atoms with van der Waals surface area (Å²) in [6.07, 6.45) is 2.22. The summed E-state index contributed by atoms with van der Waals surface area (Å²) >= 11 is 0. The highest BCUT2D eigenvalue weighted by Crippen LogP contribution is 2.22. The number of nitrogens with zero attached hydrogens (tertiary/aromatic N) is 1. The molecule has 3 nitrogen and oxygen atoms in total. The van der Waals surface area contributed by atoms with Crippen molar-refractivity contribution in [3.8, 4) is 0 Å². The van der Waals surface area contributed by atoms with E-state index in [4.69, 9.17) is 0 Å². The van der Waals surface area contributed by atoms with Gasteiger partial charge in [0.2, 0.25) is 0 Å². The monoisotopic (exact) mass is 240 g/mol. The zero-order valence-corrected chi connectivity index (χ0v) is 10.7. The SMILES string of the molecule is Cc1cc(C)c2cc(C(=O)NC3CC3)ccc2n1. The molecule has 1 fully saturated rings. The summed E-state index contributed by atoms with van der Waals surface area (Å²) in [4.78, 5) is 16.5. The average molecular weight is 240 g/mol. The maximum atomic E-state index is 12.0. The number of carbonyl (C=O) groups is 1. The highest BCUT2D eigenvalue weighted by Gasteiger charge is 2.23. The van der Waals surface area contributed by atoms with E-state index >= 15 is 0 Å². The second kappa shape index (κ2) is 4.09. The number of fused-ring (bicyclic) bond motifs is 1. The molecule has 3 rings (SSSR count). The smallest absolute Gasteiger partial charge is 0.251 e. The topological polar surface area (TPSA) is 42.0 Å². The number of hydrogen-bond donors (Lipinski definition) is 1. The quantitative estimate of drug-likeness (QED) is 0.877. The zero-order valence-electron chi connectivity index (χ0n) is 10.7. The fourth-order valence-electron chi connectivity index (χ4n) is 2.20. The van der Waals surface area contributed by atoms with E-state index in [1.807, 2.05) is 31.2 Å². The first-order valence-electron chi connectivity index (χ1n) is 6.32. The van der Waals surface area contributed by atoms with Crippen LogP contribution in [0.2, 0.25) is 0 Å². The predicted octanol–water partition coefficient (Wildman–Crippen LogP) is 2.74. The van der Waals surface area contributed by atoms with Crippen molar-refractivity contribution >= 4 is 16.8 Å². The normalized spacial score (nSPS) is 14.8. The number of amides is 1. The summed E-state index contributed by atoms with van der Waals surface area (Å²) in [6.45, 7) is 4.04. The first-order chi connectivity index (χ1) is 8.63. The van der Waals surface area contributed by atoms with Crippen molar-refractivity contribution in [1.29, 1.82) is 0 Å². The lowest BCUT2D eigenvalue weighted by molar-refractivity contribution is 0.0951. The van der Waals surface area contributed by atoms with E-state index in [2.05, 4.69) is 17.2 Å². The summed E-state index contributed by atoms with van der Waals surface area (Å²) in [5, 5.41) is 4.07. The van der Waals surface area contributed by atoms with Crippen LogP contribution in [0.5, 0.6) is 0 Å². The number of carbonyl (C=O) groups excluding carboxylic acids is 1. The second-order valence-electron chi connectivity index (χ2n) is 5.06. The van der Waals surface area contributed by atoms with Crippen LogP contribution in [0.15, 0.2) is 24.3 Å². The van der Waals surface area contributed by atoms with E-state index in [1.165, 1.54) is 5.56 Å². The van der Waals surface area contributed by atoms with Crippen LogP contribution in [0.4, 0.5) is 0 Å². The van der Waals surface area contributed by atoms with Crippen molar-refractivity contribution in [1.82, 2.24) is 10.3 Å². The minimum absolute atomic E-state index is 0.0272. The lowest BCUT2D eigenvalue weighted by Crippen LogP contribution is -2.25.